The SMILES string of the molecule is CCC(C)(COCC(C)(C)OCCC(=O)O)NC(=O)CC(NC(=O)c1ccc(C(=O)C(CSc2ccc(C)cc2)CSc2ccc(C)cc2)cc1)C(=O)NCC(C)(C)COCC(C)(C)COCCC(=O)O. The highest BCUT2D eigenvalue weighted by molar-refractivity contribution is 8.00. The number of carboxylic acid groups (broad SMARTS) is 2. The average molecular weight is 1020 g/mol. The van der Waals surface area contributed by atoms with Gasteiger partial charge in [0.1, 0.15) is 6.04 Å². The van der Waals surface area contributed by atoms with Crippen LogP contribution >= 0.6 is 23.5 Å². The minimum Gasteiger partial charge on any atom is -0.481 e. The van der Waals surface area contributed by atoms with Crippen molar-refractivity contribution in [2.24, 2.45) is 16.7 Å². The molecule has 0 aliphatic rings. The van der Waals surface area contributed by atoms with Gasteiger partial charge >= 0.3 is 11.9 Å². The first-order valence-electron chi connectivity index (χ1n) is 24.0. The number of rotatable bonds is 34. The zero-order valence-electron chi connectivity index (χ0n) is 43.3. The van der Waals surface area contributed by atoms with Crippen molar-refractivity contribution in [3.05, 3.63) is 95.1 Å². The molecule has 0 spiro atoms. The molecule has 0 aliphatic carbocycles. The highest BCUT2D eigenvalue weighted by atomic mass is 32.2. The van der Waals surface area contributed by atoms with Gasteiger partial charge in [-0.15, -0.1) is 23.5 Å². The first-order valence-corrected chi connectivity index (χ1v) is 26.0. The van der Waals surface area contributed by atoms with E-state index >= 15 is 0 Å². The summed E-state index contributed by atoms with van der Waals surface area (Å²) >= 11 is 3.24. The molecule has 15 nitrogen and oxygen atoms in total. The summed E-state index contributed by atoms with van der Waals surface area (Å²) in [5, 5.41) is 26.5. The lowest BCUT2D eigenvalue weighted by Gasteiger charge is -2.32. The Balaban J connectivity index is 1.76. The lowest BCUT2D eigenvalue weighted by atomic mass is 9.93. The van der Waals surface area contributed by atoms with Gasteiger partial charge in [-0.3, -0.25) is 28.8 Å². The number of carbonyl (C=O) groups excluding carboxylic acids is 4. The van der Waals surface area contributed by atoms with Gasteiger partial charge in [-0.2, -0.15) is 0 Å². The number of carbonyl (C=O) groups is 6. The molecular weight excluding hydrogens is 947 g/mol. The number of amides is 3. The number of benzene rings is 3. The zero-order chi connectivity index (χ0) is 52.8. The minimum atomic E-state index is -1.30. The Morgan fingerprint density at radius 3 is 1.65 bits per heavy atom. The number of ether oxygens (including phenoxy) is 4. The molecule has 392 valence electrons. The molecule has 0 aliphatic heterocycles. The quantitative estimate of drug-likeness (QED) is 0.0216. The van der Waals surface area contributed by atoms with Crippen LogP contribution in [0.1, 0.15) is 113 Å². The fraction of sp³-hybridized carbons (Fsp3) is 0.556. The summed E-state index contributed by atoms with van der Waals surface area (Å²) in [5.74, 6) is -2.90. The molecule has 3 amide bonds. The average Bonchev–Trinajstić information content (AvgIpc) is 3.30. The first-order chi connectivity index (χ1) is 33.3. The number of thioether (sulfide) groups is 2. The zero-order valence-corrected chi connectivity index (χ0v) is 44.9. The van der Waals surface area contributed by atoms with Crippen LogP contribution in [-0.2, 0) is 38.1 Å². The lowest BCUT2D eigenvalue weighted by Crippen LogP contribution is -2.54. The van der Waals surface area contributed by atoms with Gasteiger partial charge in [0.2, 0.25) is 11.8 Å². The molecule has 3 aromatic rings. The van der Waals surface area contributed by atoms with Crippen LogP contribution in [0.5, 0.6) is 0 Å². The van der Waals surface area contributed by atoms with Crippen molar-refractivity contribution < 1.29 is 57.9 Å². The third kappa shape index (κ3) is 24.0. The van der Waals surface area contributed by atoms with Gasteiger partial charge in [-0.05, 0) is 77.4 Å². The monoisotopic (exact) mass is 1020 g/mol. The van der Waals surface area contributed by atoms with Crippen molar-refractivity contribution in [1.29, 1.82) is 0 Å². The summed E-state index contributed by atoms with van der Waals surface area (Å²) in [5.41, 5.74) is 0.311. The Hall–Kier alpha value is -4.78. The van der Waals surface area contributed by atoms with Crippen molar-refractivity contribution >= 4 is 59.0 Å². The molecule has 5 N–H and O–H groups in total. The maximum absolute atomic E-state index is 14.1. The number of aryl methyl sites for hydroxylation is 2. The number of ketones is 1. The molecule has 0 saturated carbocycles. The van der Waals surface area contributed by atoms with Gasteiger partial charge in [-0.1, -0.05) is 82.1 Å². The number of Topliss-reactive ketones (excluding diaryl/α,β-unsaturated/α-hetero) is 1. The van der Waals surface area contributed by atoms with Crippen LogP contribution in [0.25, 0.3) is 0 Å². The molecule has 0 fully saturated rings. The third-order valence-electron chi connectivity index (χ3n) is 11.3. The van der Waals surface area contributed by atoms with Crippen LogP contribution in [-0.4, -0.2) is 127 Å². The molecule has 3 aromatic carbocycles. The molecule has 0 saturated heterocycles. The second-order valence-corrected chi connectivity index (χ2v) is 22.7. The van der Waals surface area contributed by atoms with Gasteiger partial charge in [0, 0.05) is 55.7 Å². The molecule has 3 rings (SSSR count). The second kappa shape index (κ2) is 29.1. The predicted octanol–water partition coefficient (Wildman–Crippen LogP) is 8.42. The second-order valence-electron chi connectivity index (χ2n) is 20.6. The highest BCUT2D eigenvalue weighted by Crippen LogP contribution is 2.29. The first kappa shape index (κ1) is 60.5. The standard InChI is InChI=1S/C54H77N3O12S2/c1-11-54(10,36-68-35-53(8,9)69-27-25-47(61)62)57-45(58)28-44(50(65)55-31-51(4,5)32-67-34-52(6,7)33-66-26-24-46(59)60)56-49(64)40-18-16-39(17-19-40)48(63)41(29-70-42-20-12-37(2)13-21-42)30-71-43-22-14-38(3)15-23-43/h12-23,41,44H,11,24-36H2,1-10H3,(H,55,65)(H,56,64)(H,57,58)(H,59,60)(H,61,62). The maximum atomic E-state index is 14.1. The Bertz CT molecular complexity index is 2130. The van der Waals surface area contributed by atoms with E-state index in [1.165, 1.54) is 0 Å². The van der Waals surface area contributed by atoms with Gasteiger partial charge in [0.15, 0.2) is 5.78 Å². The van der Waals surface area contributed by atoms with Crippen molar-refractivity contribution in [3.8, 4) is 0 Å². The molecule has 2 unspecified atom stereocenters. The molecule has 0 radical (unpaired) electrons. The lowest BCUT2D eigenvalue weighted by molar-refractivity contribution is -0.141. The number of hydrogen-bond acceptors (Lipinski definition) is 12. The van der Waals surface area contributed by atoms with Crippen molar-refractivity contribution in [2.45, 2.75) is 122 Å². The van der Waals surface area contributed by atoms with E-state index < -0.39 is 64.1 Å². The van der Waals surface area contributed by atoms with Gasteiger partial charge in [0.05, 0.1) is 76.7 Å². The van der Waals surface area contributed by atoms with Crippen LogP contribution < -0.4 is 16.0 Å². The number of hydrogen-bond donors (Lipinski definition) is 5. The smallest absolute Gasteiger partial charge is 0.305 e. The Morgan fingerprint density at radius 1 is 0.620 bits per heavy atom. The van der Waals surface area contributed by atoms with E-state index in [1.54, 1.807) is 68.6 Å². The Kier molecular flexibility index (Phi) is 24.8. The van der Waals surface area contributed by atoms with Gasteiger partial charge in [0.25, 0.3) is 5.91 Å². The molecule has 0 bridgehead atoms. The molecule has 2 atom stereocenters. The number of aliphatic carboxylic acids is 2. The van der Waals surface area contributed by atoms with Crippen molar-refractivity contribution in [1.82, 2.24) is 16.0 Å². The summed E-state index contributed by atoms with van der Waals surface area (Å²) in [4.78, 5) is 79.8. The summed E-state index contributed by atoms with van der Waals surface area (Å²) in [6.07, 6.45) is -0.184. The van der Waals surface area contributed by atoms with E-state index in [9.17, 15) is 28.8 Å². The molecular formula is C54H77N3O12S2. The fourth-order valence-corrected chi connectivity index (χ4v) is 8.90. The molecule has 0 heterocycles. The van der Waals surface area contributed by atoms with E-state index in [4.69, 9.17) is 29.2 Å². The highest BCUT2D eigenvalue weighted by Gasteiger charge is 2.32. The molecule has 0 aromatic heterocycles. The Labute approximate surface area is 429 Å². The summed E-state index contributed by atoms with van der Waals surface area (Å²) in [6, 6.07) is 21.4. The topological polar surface area (TPSA) is 216 Å². The van der Waals surface area contributed by atoms with E-state index in [2.05, 4.69) is 40.2 Å². The summed E-state index contributed by atoms with van der Waals surface area (Å²) in [7, 11) is 0. The minimum absolute atomic E-state index is 0.0171. The van der Waals surface area contributed by atoms with E-state index in [1.807, 2.05) is 72.7 Å². The van der Waals surface area contributed by atoms with E-state index in [0.717, 1.165) is 20.9 Å². The van der Waals surface area contributed by atoms with Crippen molar-refractivity contribution in [3.63, 3.8) is 0 Å². The maximum Gasteiger partial charge on any atom is 0.305 e. The Morgan fingerprint density at radius 2 is 1.11 bits per heavy atom. The summed E-state index contributed by atoms with van der Waals surface area (Å²) in [6.45, 7) is 20.3. The van der Waals surface area contributed by atoms with Crippen LogP contribution in [0.15, 0.2) is 82.6 Å². The largest absolute Gasteiger partial charge is 0.481 e. The molecule has 71 heavy (non-hydrogen) atoms. The normalized spacial score (nSPS) is 13.3. The van der Waals surface area contributed by atoms with E-state index in [0.29, 0.717) is 36.7 Å². The summed E-state index contributed by atoms with van der Waals surface area (Å²) < 4.78 is 23.2. The van der Waals surface area contributed by atoms with Crippen molar-refractivity contribution in [2.75, 3.05) is 64.3 Å². The third-order valence-corrected chi connectivity index (χ3v) is 13.7. The van der Waals surface area contributed by atoms with Crippen LogP contribution in [0.4, 0.5) is 0 Å². The number of nitrogens with one attached hydrogen (secondary N) is 3. The van der Waals surface area contributed by atoms with Gasteiger partial charge in [-0.25, -0.2) is 0 Å². The predicted molar refractivity (Wildman–Crippen MR) is 278 cm³/mol. The number of carboxylic acids is 2. The van der Waals surface area contributed by atoms with Crippen LogP contribution in [0.3, 0.4) is 0 Å². The van der Waals surface area contributed by atoms with Crippen LogP contribution in [0.2, 0.25) is 0 Å². The molecule has 17 heteroatoms. The fourth-order valence-electron chi connectivity index (χ4n) is 6.77. The van der Waals surface area contributed by atoms with E-state index in [-0.39, 0.29) is 69.7 Å². The van der Waals surface area contributed by atoms with Crippen LogP contribution in [0, 0.1) is 30.6 Å². The van der Waals surface area contributed by atoms with Gasteiger partial charge < -0.3 is 45.1 Å².